The summed E-state index contributed by atoms with van der Waals surface area (Å²) in [6.07, 6.45) is 2.22. The number of aromatic hydroxyl groups is 1. The fourth-order valence-corrected chi connectivity index (χ4v) is 1.75. The molecule has 4 heteroatoms. The van der Waals surface area contributed by atoms with E-state index in [1.54, 1.807) is 24.5 Å². The monoisotopic (exact) mass is 245 g/mol. The van der Waals surface area contributed by atoms with Crippen LogP contribution in [0.15, 0.2) is 47.1 Å². The van der Waals surface area contributed by atoms with Crippen LogP contribution in [0.3, 0.4) is 0 Å². The highest BCUT2D eigenvalue weighted by atomic mass is 16.3. The number of phenols is 1. The van der Waals surface area contributed by atoms with Gasteiger partial charge in [-0.15, -0.1) is 0 Å². The number of hydrogen-bond acceptors (Lipinski definition) is 3. The van der Waals surface area contributed by atoms with Crippen LogP contribution in [-0.4, -0.2) is 17.1 Å². The van der Waals surface area contributed by atoms with Gasteiger partial charge in [0.05, 0.1) is 11.8 Å². The molecule has 2 N–H and O–H groups in total. The number of rotatable bonds is 4. The van der Waals surface area contributed by atoms with Crippen LogP contribution >= 0.6 is 0 Å². The summed E-state index contributed by atoms with van der Waals surface area (Å²) in [7, 11) is 0. The molecule has 0 bridgehead atoms. The van der Waals surface area contributed by atoms with Crippen molar-refractivity contribution >= 4 is 5.91 Å². The van der Waals surface area contributed by atoms with Crippen molar-refractivity contribution in [2.24, 2.45) is 0 Å². The lowest BCUT2D eigenvalue weighted by molar-refractivity contribution is 0.0936. The minimum atomic E-state index is -0.285. The Labute approximate surface area is 105 Å². The van der Waals surface area contributed by atoms with Gasteiger partial charge in [-0.1, -0.05) is 12.1 Å². The van der Waals surface area contributed by atoms with Crippen LogP contribution in [0.25, 0.3) is 0 Å². The maximum absolute atomic E-state index is 11.9. The smallest absolute Gasteiger partial charge is 0.255 e. The van der Waals surface area contributed by atoms with Gasteiger partial charge in [0.2, 0.25) is 0 Å². The van der Waals surface area contributed by atoms with E-state index in [2.05, 4.69) is 5.32 Å². The van der Waals surface area contributed by atoms with Crippen molar-refractivity contribution in [1.29, 1.82) is 0 Å². The van der Waals surface area contributed by atoms with Gasteiger partial charge in [-0.05, 0) is 31.2 Å². The average Bonchev–Trinajstić information content (AvgIpc) is 2.82. The molecule has 0 saturated heterocycles. The molecule has 0 spiro atoms. The fraction of sp³-hybridized carbons (Fsp3) is 0.214. The minimum Gasteiger partial charge on any atom is -0.507 e. The summed E-state index contributed by atoms with van der Waals surface area (Å²) in [5.74, 6) is 0.521. The largest absolute Gasteiger partial charge is 0.507 e. The van der Waals surface area contributed by atoms with Crippen LogP contribution in [0.4, 0.5) is 0 Å². The zero-order chi connectivity index (χ0) is 13.0. The molecule has 1 aromatic heterocycles. The lowest BCUT2D eigenvalue weighted by Crippen LogP contribution is -2.34. The van der Waals surface area contributed by atoms with Crippen molar-refractivity contribution < 1.29 is 14.3 Å². The lowest BCUT2D eigenvalue weighted by Gasteiger charge is -2.13. The predicted molar refractivity (Wildman–Crippen MR) is 67.4 cm³/mol. The third kappa shape index (κ3) is 2.91. The Morgan fingerprint density at radius 3 is 2.78 bits per heavy atom. The summed E-state index contributed by atoms with van der Waals surface area (Å²) < 4.78 is 5.21. The number of hydrogen-bond donors (Lipinski definition) is 2. The van der Waals surface area contributed by atoms with Gasteiger partial charge >= 0.3 is 0 Å². The molecule has 1 heterocycles. The maximum atomic E-state index is 11.9. The molecule has 1 atom stereocenters. The van der Waals surface area contributed by atoms with E-state index in [-0.39, 0.29) is 23.3 Å². The van der Waals surface area contributed by atoms with Crippen molar-refractivity contribution in [3.63, 3.8) is 0 Å². The van der Waals surface area contributed by atoms with E-state index < -0.39 is 0 Å². The van der Waals surface area contributed by atoms with Crippen molar-refractivity contribution in [1.82, 2.24) is 5.32 Å². The topological polar surface area (TPSA) is 62.5 Å². The van der Waals surface area contributed by atoms with Crippen molar-refractivity contribution in [2.75, 3.05) is 0 Å². The Balaban J connectivity index is 1.97. The average molecular weight is 245 g/mol. The van der Waals surface area contributed by atoms with E-state index in [4.69, 9.17) is 4.42 Å². The molecule has 1 unspecified atom stereocenters. The summed E-state index contributed by atoms with van der Waals surface area (Å²) in [4.78, 5) is 11.9. The second-order valence-corrected chi connectivity index (χ2v) is 4.18. The van der Waals surface area contributed by atoms with E-state index in [1.807, 2.05) is 19.1 Å². The lowest BCUT2D eigenvalue weighted by atomic mass is 10.1. The fourth-order valence-electron chi connectivity index (χ4n) is 1.75. The van der Waals surface area contributed by atoms with Crippen molar-refractivity contribution in [2.45, 2.75) is 19.4 Å². The summed E-state index contributed by atoms with van der Waals surface area (Å²) in [5, 5.41) is 12.4. The molecule has 1 amide bonds. The van der Waals surface area contributed by atoms with Crippen molar-refractivity contribution in [3.05, 3.63) is 54.0 Å². The highest BCUT2D eigenvalue weighted by molar-refractivity contribution is 5.96. The molecular weight excluding hydrogens is 230 g/mol. The molecule has 2 aromatic rings. The van der Waals surface area contributed by atoms with Crippen LogP contribution in [0.2, 0.25) is 0 Å². The zero-order valence-corrected chi connectivity index (χ0v) is 10.1. The van der Waals surface area contributed by atoms with Gasteiger partial charge in [0, 0.05) is 12.5 Å². The SMILES string of the molecule is CC(Cc1ccco1)NC(=O)c1ccccc1O. The maximum Gasteiger partial charge on any atom is 0.255 e. The second-order valence-electron chi connectivity index (χ2n) is 4.18. The van der Waals surface area contributed by atoms with Gasteiger partial charge in [-0.25, -0.2) is 0 Å². The van der Waals surface area contributed by atoms with Gasteiger partial charge in [0.15, 0.2) is 0 Å². The normalized spacial score (nSPS) is 12.1. The number of furan rings is 1. The number of carbonyl (C=O) groups excluding carboxylic acids is 1. The molecule has 0 radical (unpaired) electrons. The number of carbonyl (C=O) groups is 1. The molecule has 0 saturated carbocycles. The van der Waals surface area contributed by atoms with Crippen LogP contribution in [0.5, 0.6) is 5.75 Å². The first-order valence-electron chi connectivity index (χ1n) is 5.78. The predicted octanol–water partition coefficient (Wildman–Crippen LogP) is 2.35. The Hall–Kier alpha value is -2.23. The van der Waals surface area contributed by atoms with Crippen molar-refractivity contribution in [3.8, 4) is 5.75 Å². The van der Waals surface area contributed by atoms with Gasteiger partial charge in [0.25, 0.3) is 5.91 Å². The molecule has 0 aliphatic heterocycles. The first-order valence-corrected chi connectivity index (χ1v) is 5.78. The first kappa shape index (κ1) is 12.2. The molecule has 0 aliphatic rings. The zero-order valence-electron chi connectivity index (χ0n) is 10.1. The van der Waals surface area contributed by atoms with Gasteiger partial charge < -0.3 is 14.8 Å². The molecule has 0 fully saturated rings. The summed E-state index contributed by atoms with van der Waals surface area (Å²) in [6, 6.07) is 10.1. The molecule has 2 rings (SSSR count). The van der Waals surface area contributed by atoms with Crippen LogP contribution in [-0.2, 0) is 6.42 Å². The third-order valence-electron chi connectivity index (χ3n) is 2.61. The Morgan fingerprint density at radius 1 is 1.33 bits per heavy atom. The Kier molecular flexibility index (Phi) is 3.67. The van der Waals surface area contributed by atoms with E-state index in [9.17, 15) is 9.90 Å². The third-order valence-corrected chi connectivity index (χ3v) is 2.61. The molecule has 1 aromatic carbocycles. The minimum absolute atomic E-state index is 0.0137. The summed E-state index contributed by atoms with van der Waals surface area (Å²) >= 11 is 0. The molecule has 0 aliphatic carbocycles. The van der Waals surface area contributed by atoms with E-state index >= 15 is 0 Å². The Bertz CT molecular complexity index is 520. The van der Waals surface area contributed by atoms with Crippen LogP contribution < -0.4 is 5.32 Å². The Morgan fingerprint density at radius 2 is 2.11 bits per heavy atom. The number of amides is 1. The molecule has 18 heavy (non-hydrogen) atoms. The van der Waals surface area contributed by atoms with E-state index in [0.29, 0.717) is 6.42 Å². The number of benzene rings is 1. The van der Waals surface area contributed by atoms with Gasteiger partial charge in [0.1, 0.15) is 11.5 Å². The van der Waals surface area contributed by atoms with Crippen LogP contribution in [0.1, 0.15) is 23.0 Å². The van der Waals surface area contributed by atoms with E-state index in [1.165, 1.54) is 6.07 Å². The number of nitrogens with one attached hydrogen (secondary N) is 1. The van der Waals surface area contributed by atoms with Crippen LogP contribution in [0, 0.1) is 0 Å². The van der Waals surface area contributed by atoms with E-state index in [0.717, 1.165) is 5.76 Å². The summed E-state index contributed by atoms with van der Waals surface area (Å²) in [6.45, 7) is 1.89. The number of phenolic OH excluding ortho intramolecular Hbond substituents is 1. The highest BCUT2D eigenvalue weighted by Crippen LogP contribution is 2.15. The molecule has 4 nitrogen and oxygen atoms in total. The quantitative estimate of drug-likeness (QED) is 0.869. The standard InChI is InChI=1S/C14H15NO3/c1-10(9-11-5-4-8-18-11)15-14(17)12-6-2-3-7-13(12)16/h2-8,10,16H,9H2,1H3,(H,15,17). The second kappa shape index (κ2) is 5.40. The summed E-state index contributed by atoms with van der Waals surface area (Å²) in [5.41, 5.74) is 0.281. The molecular formula is C14H15NO3. The molecule has 94 valence electrons. The number of para-hydroxylation sites is 1. The van der Waals surface area contributed by atoms with Gasteiger partial charge in [-0.3, -0.25) is 4.79 Å². The van der Waals surface area contributed by atoms with Gasteiger partial charge in [-0.2, -0.15) is 0 Å². The first-order chi connectivity index (χ1) is 8.66. The highest BCUT2D eigenvalue weighted by Gasteiger charge is 2.13.